The number of hydrogen-bond donors (Lipinski definition) is 1. The third-order valence-corrected chi connectivity index (χ3v) is 4.21. The van der Waals surface area contributed by atoms with Crippen molar-refractivity contribution < 1.29 is 29.0 Å². The van der Waals surface area contributed by atoms with Crippen molar-refractivity contribution in [3.05, 3.63) is 35.9 Å². The van der Waals surface area contributed by atoms with E-state index in [1.165, 1.54) is 16.9 Å². The van der Waals surface area contributed by atoms with Crippen LogP contribution in [0.25, 0.3) is 0 Å². The number of carbonyl (C=O) groups is 3. The molecule has 0 bridgehead atoms. The van der Waals surface area contributed by atoms with Gasteiger partial charge < -0.3 is 29.2 Å². The lowest BCUT2D eigenvalue weighted by Gasteiger charge is -2.30. The molecule has 8 heteroatoms. The minimum Gasteiger partial charge on any atom is -0.445 e. The van der Waals surface area contributed by atoms with Crippen LogP contribution in [-0.4, -0.2) is 72.3 Å². The van der Waals surface area contributed by atoms with Gasteiger partial charge in [0, 0.05) is 39.6 Å². The van der Waals surface area contributed by atoms with Crippen molar-refractivity contribution in [2.75, 3.05) is 26.7 Å². The maximum atomic E-state index is 12.3. The van der Waals surface area contributed by atoms with Gasteiger partial charge in [0.1, 0.15) is 25.2 Å². The average Bonchev–Trinajstić information content (AvgIpc) is 2.86. The molecular formula is C18H24N2O6. The Hall–Kier alpha value is -2.45. The summed E-state index contributed by atoms with van der Waals surface area (Å²) < 4.78 is 10.5. The van der Waals surface area contributed by atoms with E-state index >= 15 is 0 Å². The maximum Gasteiger partial charge on any atom is 0.410 e. The van der Waals surface area contributed by atoms with E-state index in [4.69, 9.17) is 9.47 Å². The van der Waals surface area contributed by atoms with Crippen molar-refractivity contribution in [2.24, 2.45) is 0 Å². The summed E-state index contributed by atoms with van der Waals surface area (Å²) in [5, 5.41) is 9.49. The van der Waals surface area contributed by atoms with Gasteiger partial charge in [-0.25, -0.2) is 4.79 Å². The topological polar surface area (TPSA) is 96.4 Å². The van der Waals surface area contributed by atoms with Gasteiger partial charge in [0.05, 0.1) is 0 Å². The van der Waals surface area contributed by atoms with Crippen LogP contribution in [0.3, 0.4) is 0 Å². The summed E-state index contributed by atoms with van der Waals surface area (Å²) in [6.45, 7) is 0.940. The van der Waals surface area contributed by atoms with Gasteiger partial charge in [-0.3, -0.25) is 4.79 Å². The van der Waals surface area contributed by atoms with Gasteiger partial charge in [-0.05, 0) is 5.56 Å². The number of amides is 2. The first-order chi connectivity index (χ1) is 12.5. The molecule has 2 rings (SSSR count). The summed E-state index contributed by atoms with van der Waals surface area (Å²) in [5.41, 5.74) is 0.885. The van der Waals surface area contributed by atoms with Gasteiger partial charge in [-0.1, -0.05) is 30.3 Å². The largest absolute Gasteiger partial charge is 0.445 e. The summed E-state index contributed by atoms with van der Waals surface area (Å²) in [6.07, 6.45) is -1.89. The van der Waals surface area contributed by atoms with Gasteiger partial charge in [-0.2, -0.15) is 0 Å². The van der Waals surface area contributed by atoms with Crippen LogP contribution in [0.4, 0.5) is 4.79 Å². The Morgan fingerprint density at radius 2 is 2.00 bits per heavy atom. The SMILES string of the molecule is COC(C[C@H](O)C=O)N1CCN(C(=O)OCc2ccccc2)CCC1=O. The second-order valence-corrected chi connectivity index (χ2v) is 5.99. The number of aliphatic hydroxyl groups is 1. The fourth-order valence-electron chi connectivity index (χ4n) is 2.75. The lowest BCUT2D eigenvalue weighted by atomic mass is 10.2. The molecule has 1 unspecified atom stereocenters. The van der Waals surface area contributed by atoms with Crippen LogP contribution in [-0.2, 0) is 25.7 Å². The lowest BCUT2D eigenvalue weighted by Crippen LogP contribution is -2.44. The minimum atomic E-state index is -1.21. The smallest absolute Gasteiger partial charge is 0.410 e. The number of rotatable bonds is 7. The molecule has 8 nitrogen and oxygen atoms in total. The molecule has 2 amide bonds. The molecule has 1 heterocycles. The van der Waals surface area contributed by atoms with Crippen molar-refractivity contribution >= 4 is 18.3 Å². The van der Waals surface area contributed by atoms with Crippen LogP contribution in [0.2, 0.25) is 0 Å². The molecule has 1 saturated heterocycles. The Morgan fingerprint density at radius 1 is 1.27 bits per heavy atom. The number of aliphatic hydroxyl groups excluding tert-OH is 1. The fourth-order valence-corrected chi connectivity index (χ4v) is 2.75. The van der Waals surface area contributed by atoms with E-state index in [0.29, 0.717) is 6.29 Å². The van der Waals surface area contributed by atoms with E-state index in [0.717, 1.165) is 5.56 Å². The Balaban J connectivity index is 1.91. The maximum absolute atomic E-state index is 12.3. The summed E-state index contributed by atoms with van der Waals surface area (Å²) in [7, 11) is 1.41. The second kappa shape index (κ2) is 9.88. The van der Waals surface area contributed by atoms with Gasteiger partial charge in [-0.15, -0.1) is 0 Å². The molecule has 1 fully saturated rings. The third kappa shape index (κ3) is 5.53. The summed E-state index contributed by atoms with van der Waals surface area (Å²) in [4.78, 5) is 38.1. The number of methoxy groups -OCH3 is 1. The first kappa shape index (κ1) is 19.9. The van der Waals surface area contributed by atoms with Crippen molar-refractivity contribution in [1.29, 1.82) is 0 Å². The highest BCUT2D eigenvalue weighted by molar-refractivity contribution is 5.78. The molecule has 0 radical (unpaired) electrons. The number of benzene rings is 1. The third-order valence-electron chi connectivity index (χ3n) is 4.21. The van der Waals surface area contributed by atoms with Crippen molar-refractivity contribution in [3.8, 4) is 0 Å². The van der Waals surface area contributed by atoms with E-state index in [1.807, 2.05) is 30.3 Å². The Kier molecular flexibility index (Phi) is 7.55. The summed E-state index contributed by atoms with van der Waals surface area (Å²) in [6, 6.07) is 9.34. The van der Waals surface area contributed by atoms with Gasteiger partial charge >= 0.3 is 6.09 Å². The zero-order valence-corrected chi connectivity index (χ0v) is 14.7. The molecular weight excluding hydrogens is 340 g/mol. The van der Waals surface area contributed by atoms with E-state index in [9.17, 15) is 19.5 Å². The Morgan fingerprint density at radius 3 is 2.65 bits per heavy atom. The van der Waals surface area contributed by atoms with E-state index in [2.05, 4.69) is 0 Å². The normalized spacial score (nSPS) is 17.4. The molecule has 1 aliphatic rings. The number of ether oxygens (including phenoxy) is 2. The molecule has 1 aliphatic heterocycles. The van der Waals surface area contributed by atoms with E-state index < -0.39 is 18.4 Å². The molecule has 0 spiro atoms. The zero-order valence-electron chi connectivity index (χ0n) is 14.7. The Labute approximate surface area is 152 Å². The van der Waals surface area contributed by atoms with Crippen molar-refractivity contribution in [3.63, 3.8) is 0 Å². The minimum absolute atomic E-state index is 0.00973. The Bertz CT molecular complexity index is 609. The fraction of sp³-hybridized carbons (Fsp3) is 0.500. The van der Waals surface area contributed by atoms with E-state index in [1.54, 1.807) is 0 Å². The molecule has 142 valence electrons. The molecule has 0 aromatic heterocycles. The molecule has 1 aromatic rings. The second-order valence-electron chi connectivity index (χ2n) is 5.99. The van der Waals surface area contributed by atoms with Crippen molar-refractivity contribution in [1.82, 2.24) is 9.80 Å². The molecule has 0 aliphatic carbocycles. The van der Waals surface area contributed by atoms with Crippen molar-refractivity contribution in [2.45, 2.75) is 31.8 Å². The van der Waals surface area contributed by atoms with Crippen LogP contribution in [0, 0.1) is 0 Å². The van der Waals surface area contributed by atoms with Crippen LogP contribution < -0.4 is 0 Å². The van der Waals surface area contributed by atoms with E-state index in [-0.39, 0.29) is 45.0 Å². The molecule has 1 aromatic carbocycles. The predicted molar refractivity (Wildman–Crippen MR) is 92.0 cm³/mol. The monoisotopic (exact) mass is 364 g/mol. The summed E-state index contributed by atoms with van der Waals surface area (Å²) >= 11 is 0. The number of hydrogen-bond acceptors (Lipinski definition) is 6. The molecule has 2 atom stereocenters. The van der Waals surface area contributed by atoms with Gasteiger partial charge in [0.2, 0.25) is 5.91 Å². The number of aldehydes is 1. The van der Waals surface area contributed by atoms with Crippen LogP contribution in [0.1, 0.15) is 18.4 Å². The van der Waals surface area contributed by atoms with Gasteiger partial charge in [0.15, 0.2) is 0 Å². The van der Waals surface area contributed by atoms with Crippen LogP contribution in [0.15, 0.2) is 30.3 Å². The number of nitrogens with zero attached hydrogens (tertiary/aromatic N) is 2. The summed E-state index contributed by atoms with van der Waals surface area (Å²) in [5.74, 6) is -0.201. The first-order valence-corrected chi connectivity index (χ1v) is 8.46. The van der Waals surface area contributed by atoms with Crippen LogP contribution >= 0.6 is 0 Å². The highest BCUT2D eigenvalue weighted by atomic mass is 16.6. The van der Waals surface area contributed by atoms with Gasteiger partial charge in [0.25, 0.3) is 0 Å². The molecule has 26 heavy (non-hydrogen) atoms. The lowest BCUT2D eigenvalue weighted by molar-refractivity contribution is -0.146. The molecule has 1 N–H and O–H groups in total. The highest BCUT2D eigenvalue weighted by Crippen LogP contribution is 2.14. The predicted octanol–water partition coefficient (Wildman–Crippen LogP) is 0.780. The standard InChI is InChI=1S/C18H24N2O6/c1-25-17(11-15(22)12-21)20-10-9-19(8-7-16(20)23)18(24)26-13-14-5-3-2-4-6-14/h2-6,12,15,17,22H,7-11,13H2,1H3/t15-,17?/m0/s1. The average molecular weight is 364 g/mol. The highest BCUT2D eigenvalue weighted by Gasteiger charge is 2.30. The quantitative estimate of drug-likeness (QED) is 0.718. The first-order valence-electron chi connectivity index (χ1n) is 8.46. The van der Waals surface area contributed by atoms with Crippen LogP contribution in [0.5, 0.6) is 0 Å². The number of carbonyl (C=O) groups excluding carboxylic acids is 3. The zero-order chi connectivity index (χ0) is 18.9. The molecule has 0 saturated carbocycles.